The summed E-state index contributed by atoms with van der Waals surface area (Å²) in [5.41, 5.74) is 0. The first-order valence-corrected chi connectivity index (χ1v) is 4.86. The topological polar surface area (TPSA) is 12.4 Å². The highest BCUT2D eigenvalue weighted by atomic mass is 127. The lowest BCUT2D eigenvalue weighted by Gasteiger charge is -1.91. The molecule has 0 radical (unpaired) electrons. The van der Waals surface area contributed by atoms with Crippen molar-refractivity contribution >= 4 is 46.9 Å². The van der Waals surface area contributed by atoms with E-state index in [1.165, 1.54) is 0 Å². The van der Waals surface area contributed by atoms with E-state index in [2.05, 4.69) is 19.1 Å². The van der Waals surface area contributed by atoms with Crippen LogP contribution in [0.15, 0.2) is 13.8 Å². The van der Waals surface area contributed by atoms with Gasteiger partial charge < -0.3 is 0 Å². The van der Waals surface area contributed by atoms with E-state index in [4.69, 9.17) is 0 Å². The van der Waals surface area contributed by atoms with Crippen LogP contribution in [-0.4, -0.2) is 9.98 Å². The van der Waals surface area contributed by atoms with Crippen molar-refractivity contribution < 1.29 is 4.39 Å². The van der Waals surface area contributed by atoms with Gasteiger partial charge >= 0.3 is 0 Å². The third-order valence-electron chi connectivity index (χ3n) is 0.586. The molecule has 0 atom stereocenters. The third-order valence-corrected chi connectivity index (χ3v) is 2.56. The Hall–Kier alpha value is 0.420. The van der Waals surface area contributed by atoms with Crippen molar-refractivity contribution in [3.63, 3.8) is 0 Å². The smallest absolute Gasteiger partial charge is 0.192 e. The van der Waals surface area contributed by atoms with E-state index in [1.807, 2.05) is 4.01 Å². The van der Waals surface area contributed by atoms with E-state index < -0.39 is 0 Å². The minimum absolute atomic E-state index is 0.361. The van der Waals surface area contributed by atoms with Crippen molar-refractivity contribution in [3.8, 4) is 0 Å². The average Bonchev–Trinajstić information content (AvgIpc) is 1.77. The zero-order valence-corrected chi connectivity index (χ0v) is 7.48. The monoisotopic (exact) mass is 289 g/mol. The summed E-state index contributed by atoms with van der Waals surface area (Å²) >= 11 is 2.62. The molecule has 0 N–H and O–H groups in total. The van der Waals surface area contributed by atoms with Crippen LogP contribution < -0.4 is 0 Å². The summed E-state index contributed by atoms with van der Waals surface area (Å²) in [5, 5.41) is 0. The van der Waals surface area contributed by atoms with Crippen LogP contribution in [0.3, 0.4) is 0 Å². The molecule has 1 rings (SSSR count). The van der Waals surface area contributed by atoms with Crippen LogP contribution in [0.25, 0.3) is 0 Å². The normalized spacial score (nSPS) is 18.8. The van der Waals surface area contributed by atoms with Gasteiger partial charge in [-0.05, 0) is 26.0 Å². The highest BCUT2D eigenvalue weighted by molar-refractivity contribution is 14.2. The Morgan fingerprint density at radius 3 is 2.88 bits per heavy atom. The number of hydrogen-bond acceptors (Lipinski definition) is 1. The molecule has 0 bridgehead atoms. The van der Waals surface area contributed by atoms with Gasteiger partial charge in [0.15, 0.2) is 0 Å². The first-order valence-electron chi connectivity index (χ1n) is 1.86. The first kappa shape index (κ1) is 6.54. The van der Waals surface area contributed by atoms with Gasteiger partial charge in [0.1, 0.15) is 0 Å². The molecule has 0 aliphatic carbocycles. The minimum atomic E-state index is -0.371. The van der Waals surface area contributed by atoms with Gasteiger partial charge in [-0.2, -0.15) is 7.60 Å². The molecule has 0 aromatic rings. The van der Waals surface area contributed by atoms with Crippen LogP contribution in [-0.2, 0) is 0 Å². The Kier molecular flexibility index (Phi) is 2.30. The van der Waals surface area contributed by atoms with Crippen molar-refractivity contribution in [3.05, 3.63) is 10.6 Å². The largest absolute Gasteiger partial charge is 0.232 e. The molecule has 0 spiro atoms. The molecule has 8 heavy (non-hydrogen) atoms. The Labute approximate surface area is 64.9 Å². The van der Waals surface area contributed by atoms with Crippen molar-refractivity contribution in [2.24, 2.45) is 3.21 Å². The predicted octanol–water partition coefficient (Wildman–Crippen LogP) is 2.33. The molecule has 0 saturated heterocycles. The van der Waals surface area contributed by atoms with Gasteiger partial charge in [0, 0.05) is 21.0 Å². The summed E-state index contributed by atoms with van der Waals surface area (Å²) in [6, 6.07) is 0. The number of hydrogen-bond donors (Lipinski definition) is 0. The van der Waals surface area contributed by atoms with Gasteiger partial charge in [-0.3, -0.25) is 0 Å². The van der Waals surface area contributed by atoms with Crippen molar-refractivity contribution in [2.75, 3.05) is 0 Å². The van der Waals surface area contributed by atoms with Gasteiger partial charge in [0.2, 0.25) is 5.97 Å². The molecular weight excluding hydrogens is 288 g/mol. The molecule has 0 aromatic carbocycles. The van der Waals surface area contributed by atoms with E-state index in [-0.39, 0.29) is 27.0 Å². The van der Waals surface area contributed by atoms with Gasteiger partial charge in [0.25, 0.3) is 0 Å². The molecule has 0 amide bonds. The van der Waals surface area contributed by atoms with Gasteiger partial charge in [-0.25, -0.2) is 0 Å². The Morgan fingerprint density at radius 2 is 2.50 bits per heavy atom. The quantitative estimate of drug-likeness (QED) is 0.607. The van der Waals surface area contributed by atoms with Crippen molar-refractivity contribution in [2.45, 2.75) is 0 Å². The molecule has 0 unspecified atom stereocenters. The second-order valence-corrected chi connectivity index (χ2v) is 3.73. The maximum Gasteiger partial charge on any atom is 0.232 e. The molecule has 0 saturated carbocycles. The Morgan fingerprint density at radius 1 is 1.75 bits per heavy atom. The lowest BCUT2D eigenvalue weighted by Crippen LogP contribution is -1.87. The fourth-order valence-electron chi connectivity index (χ4n) is 0.264. The summed E-state index contributed by atoms with van der Waals surface area (Å²) in [7, 11) is 0. The van der Waals surface area contributed by atoms with Crippen LogP contribution in [0.1, 0.15) is 0 Å². The molecular formula is C4H2BrFIN. The standard InChI is InChI=1S/C4H2BrFIN/c5-3-1-2-7-8-4(3)6/h1-2H. The molecule has 1 aliphatic rings. The lowest BCUT2D eigenvalue weighted by atomic mass is 10.5. The summed E-state index contributed by atoms with van der Waals surface area (Å²) in [6.45, 7) is 0. The fourth-order valence-corrected chi connectivity index (χ4v) is 2.50. The summed E-state index contributed by atoms with van der Waals surface area (Å²) in [5.74, 6) is -0.361. The summed E-state index contributed by atoms with van der Waals surface area (Å²) in [4.78, 5) is 0. The Bertz CT molecular complexity index is 164. The van der Waals surface area contributed by atoms with Crippen LogP contribution in [0, 0.1) is 0 Å². The van der Waals surface area contributed by atoms with E-state index in [1.54, 1.807) is 6.08 Å². The van der Waals surface area contributed by atoms with E-state index in [9.17, 15) is 4.39 Å². The zero-order valence-electron chi connectivity index (χ0n) is 3.74. The highest BCUT2D eigenvalue weighted by Gasteiger charge is 2.01. The average molecular weight is 290 g/mol. The lowest BCUT2D eigenvalue weighted by molar-refractivity contribution is 0.818. The summed E-state index contributed by atoms with van der Waals surface area (Å²) < 4.78 is 18.2. The molecule has 4 heteroatoms. The van der Waals surface area contributed by atoms with Crippen LogP contribution in [0.4, 0.5) is 4.39 Å². The number of halogens is 3. The summed E-state index contributed by atoms with van der Waals surface area (Å²) in [6.07, 6.45) is 1.70. The maximum absolute atomic E-state index is 12.2. The maximum atomic E-state index is 12.2. The van der Waals surface area contributed by atoms with E-state index >= 15 is 0 Å². The minimum Gasteiger partial charge on any atom is -0.192 e. The van der Waals surface area contributed by atoms with Crippen molar-refractivity contribution in [1.82, 2.24) is 0 Å². The SMILES string of the molecule is FC1=NI=CC=C1Br. The fraction of sp³-hybridized carbons (Fsp3) is 0. The van der Waals surface area contributed by atoms with E-state index in [0.717, 1.165) is 0 Å². The highest BCUT2D eigenvalue weighted by Crippen LogP contribution is 2.16. The van der Waals surface area contributed by atoms with Crippen LogP contribution in [0.2, 0.25) is 0 Å². The van der Waals surface area contributed by atoms with Gasteiger partial charge in [-0.1, -0.05) is 0 Å². The van der Waals surface area contributed by atoms with Crippen molar-refractivity contribution in [1.29, 1.82) is 0 Å². The van der Waals surface area contributed by atoms with Gasteiger partial charge in [0.05, 0.1) is 4.48 Å². The predicted molar refractivity (Wildman–Crippen MR) is 45.6 cm³/mol. The van der Waals surface area contributed by atoms with Crippen LogP contribution >= 0.6 is 36.9 Å². The molecule has 1 nitrogen and oxygen atoms in total. The number of allylic oxidation sites excluding steroid dienone is 2. The molecule has 0 aromatic heterocycles. The second-order valence-electron chi connectivity index (χ2n) is 1.11. The Balaban J connectivity index is 2.93. The molecule has 0 fully saturated rings. The van der Waals surface area contributed by atoms with E-state index in [0.29, 0.717) is 4.48 Å². The first-order chi connectivity index (χ1) is 3.80. The number of rotatable bonds is 0. The van der Waals surface area contributed by atoms with Crippen LogP contribution in [0.5, 0.6) is 0 Å². The molecule has 44 valence electrons. The second kappa shape index (κ2) is 2.82. The zero-order chi connectivity index (χ0) is 5.98. The third kappa shape index (κ3) is 1.45. The molecule has 1 heterocycles. The number of nitrogens with zero attached hydrogens (tertiary/aromatic N) is 1. The van der Waals surface area contributed by atoms with Gasteiger partial charge in [-0.15, -0.1) is 0 Å². The molecule has 1 aliphatic heterocycles.